The minimum absolute atomic E-state index is 0.0665. The van der Waals surface area contributed by atoms with Crippen LogP contribution in [0, 0.1) is 0 Å². The largest absolute Gasteiger partial charge is 0.480 e. The Hall–Kier alpha value is -1.94. The van der Waals surface area contributed by atoms with E-state index in [1.54, 1.807) is 0 Å². The highest BCUT2D eigenvalue weighted by atomic mass is 16.4. The summed E-state index contributed by atoms with van der Waals surface area (Å²) >= 11 is 0. The average molecular weight is 258 g/mol. The van der Waals surface area contributed by atoms with Gasteiger partial charge in [-0.25, -0.2) is 0 Å². The van der Waals surface area contributed by atoms with E-state index < -0.39 is 5.97 Å². The Balaban J connectivity index is 2.25. The normalized spacial score (nSPS) is 11.1. The summed E-state index contributed by atoms with van der Waals surface area (Å²) in [5, 5.41) is 11.2. The second-order valence-electron chi connectivity index (χ2n) is 4.62. The number of aromatic nitrogens is 1. The van der Waals surface area contributed by atoms with Gasteiger partial charge in [0.25, 0.3) is 0 Å². The summed E-state index contributed by atoms with van der Waals surface area (Å²) in [6, 6.07) is 8.05. The molecule has 1 aromatic carbocycles. The number of hydrogen-bond donors (Lipinski definition) is 1. The number of carboxylic acid groups (broad SMARTS) is 1. The lowest BCUT2D eigenvalue weighted by Crippen LogP contribution is -2.30. The number of rotatable bonds is 6. The Labute approximate surface area is 112 Å². The molecule has 19 heavy (non-hydrogen) atoms. The SMILES string of the molecule is CCCN(CC(=O)O)Cc1cncc2ccccc12. The molecule has 0 aliphatic carbocycles. The van der Waals surface area contributed by atoms with Crippen LogP contribution < -0.4 is 0 Å². The number of nitrogens with zero attached hydrogens (tertiary/aromatic N) is 2. The van der Waals surface area contributed by atoms with E-state index in [2.05, 4.69) is 18.0 Å². The van der Waals surface area contributed by atoms with Crippen molar-refractivity contribution in [3.63, 3.8) is 0 Å². The number of benzene rings is 1. The van der Waals surface area contributed by atoms with Crippen molar-refractivity contribution < 1.29 is 9.90 Å². The number of pyridine rings is 1. The van der Waals surface area contributed by atoms with Crippen LogP contribution in [0.5, 0.6) is 0 Å². The molecule has 0 amide bonds. The van der Waals surface area contributed by atoms with Gasteiger partial charge in [-0.05, 0) is 23.9 Å². The molecule has 4 nitrogen and oxygen atoms in total. The van der Waals surface area contributed by atoms with Crippen LogP contribution in [0.2, 0.25) is 0 Å². The quantitative estimate of drug-likeness (QED) is 0.865. The molecule has 1 heterocycles. The van der Waals surface area contributed by atoms with E-state index in [0.717, 1.165) is 29.3 Å². The van der Waals surface area contributed by atoms with Crippen molar-refractivity contribution in [2.75, 3.05) is 13.1 Å². The fraction of sp³-hybridized carbons (Fsp3) is 0.333. The lowest BCUT2D eigenvalue weighted by Gasteiger charge is -2.20. The summed E-state index contributed by atoms with van der Waals surface area (Å²) in [6.07, 6.45) is 4.60. The molecule has 0 bridgehead atoms. The van der Waals surface area contributed by atoms with Gasteiger partial charge < -0.3 is 5.11 Å². The molecule has 2 aromatic rings. The number of carboxylic acids is 1. The minimum atomic E-state index is -0.790. The van der Waals surface area contributed by atoms with Gasteiger partial charge in [0.2, 0.25) is 0 Å². The maximum Gasteiger partial charge on any atom is 0.317 e. The molecule has 0 unspecified atom stereocenters. The maximum absolute atomic E-state index is 10.9. The summed E-state index contributed by atoms with van der Waals surface area (Å²) in [4.78, 5) is 17.0. The van der Waals surface area contributed by atoms with Gasteiger partial charge in [0, 0.05) is 24.3 Å². The van der Waals surface area contributed by atoms with Crippen LogP contribution in [0.1, 0.15) is 18.9 Å². The van der Waals surface area contributed by atoms with Gasteiger partial charge in [-0.15, -0.1) is 0 Å². The predicted octanol–water partition coefficient (Wildman–Crippen LogP) is 2.53. The zero-order valence-electron chi connectivity index (χ0n) is 11.0. The molecule has 0 radical (unpaired) electrons. The molecule has 100 valence electrons. The number of aliphatic carboxylic acids is 1. The van der Waals surface area contributed by atoms with Crippen molar-refractivity contribution in [1.82, 2.24) is 9.88 Å². The zero-order valence-corrected chi connectivity index (χ0v) is 11.0. The summed E-state index contributed by atoms with van der Waals surface area (Å²) in [5.74, 6) is -0.790. The third-order valence-corrected chi connectivity index (χ3v) is 3.04. The molecule has 0 saturated heterocycles. The van der Waals surface area contributed by atoms with Gasteiger partial charge in [0.05, 0.1) is 6.54 Å². The fourth-order valence-electron chi connectivity index (χ4n) is 2.27. The van der Waals surface area contributed by atoms with E-state index in [1.807, 2.05) is 35.5 Å². The fourth-order valence-corrected chi connectivity index (χ4v) is 2.27. The third kappa shape index (κ3) is 3.51. The number of fused-ring (bicyclic) bond motifs is 1. The third-order valence-electron chi connectivity index (χ3n) is 3.04. The standard InChI is InChI=1S/C15H18N2O2/c1-2-7-17(11-15(18)19)10-13-9-16-8-12-5-3-4-6-14(12)13/h3-6,8-9H,2,7,10-11H2,1H3,(H,18,19). The van der Waals surface area contributed by atoms with Crippen molar-refractivity contribution in [2.45, 2.75) is 19.9 Å². The van der Waals surface area contributed by atoms with Crippen LogP contribution in [0.3, 0.4) is 0 Å². The van der Waals surface area contributed by atoms with Gasteiger partial charge in [-0.2, -0.15) is 0 Å². The first-order chi connectivity index (χ1) is 9.20. The van der Waals surface area contributed by atoms with Crippen LogP contribution >= 0.6 is 0 Å². The molecule has 0 spiro atoms. The highest BCUT2D eigenvalue weighted by molar-refractivity contribution is 5.84. The van der Waals surface area contributed by atoms with Crippen molar-refractivity contribution in [3.05, 3.63) is 42.2 Å². The minimum Gasteiger partial charge on any atom is -0.480 e. The van der Waals surface area contributed by atoms with Gasteiger partial charge in [-0.1, -0.05) is 31.2 Å². The van der Waals surface area contributed by atoms with Crippen LogP contribution in [-0.2, 0) is 11.3 Å². The Morgan fingerprint density at radius 1 is 1.32 bits per heavy atom. The summed E-state index contributed by atoms with van der Waals surface area (Å²) in [7, 11) is 0. The Morgan fingerprint density at radius 2 is 2.11 bits per heavy atom. The molecular formula is C15H18N2O2. The first-order valence-corrected chi connectivity index (χ1v) is 6.46. The van der Waals surface area contributed by atoms with Crippen LogP contribution in [0.15, 0.2) is 36.7 Å². The lowest BCUT2D eigenvalue weighted by molar-refractivity contribution is -0.138. The van der Waals surface area contributed by atoms with Crippen molar-refractivity contribution in [2.24, 2.45) is 0 Å². The van der Waals surface area contributed by atoms with E-state index >= 15 is 0 Å². The van der Waals surface area contributed by atoms with Crippen LogP contribution in [0.25, 0.3) is 10.8 Å². The highest BCUT2D eigenvalue weighted by Gasteiger charge is 2.11. The van der Waals surface area contributed by atoms with E-state index in [4.69, 9.17) is 5.11 Å². The molecule has 0 fully saturated rings. The smallest absolute Gasteiger partial charge is 0.317 e. The van der Waals surface area contributed by atoms with E-state index in [1.165, 1.54) is 0 Å². The number of hydrogen-bond acceptors (Lipinski definition) is 3. The predicted molar refractivity (Wildman–Crippen MR) is 74.9 cm³/mol. The summed E-state index contributed by atoms with van der Waals surface area (Å²) < 4.78 is 0. The highest BCUT2D eigenvalue weighted by Crippen LogP contribution is 2.18. The first-order valence-electron chi connectivity index (χ1n) is 6.46. The molecule has 2 rings (SSSR count). The Bertz CT molecular complexity index is 564. The van der Waals surface area contributed by atoms with Gasteiger partial charge >= 0.3 is 5.97 Å². The lowest BCUT2D eigenvalue weighted by atomic mass is 10.1. The monoisotopic (exact) mass is 258 g/mol. The summed E-state index contributed by atoms with van der Waals surface area (Å²) in [5.41, 5.74) is 1.08. The molecule has 0 aliphatic heterocycles. The van der Waals surface area contributed by atoms with E-state index in [9.17, 15) is 4.79 Å². The van der Waals surface area contributed by atoms with Crippen LogP contribution in [-0.4, -0.2) is 34.0 Å². The second-order valence-corrected chi connectivity index (χ2v) is 4.62. The van der Waals surface area contributed by atoms with Gasteiger partial charge in [-0.3, -0.25) is 14.7 Å². The van der Waals surface area contributed by atoms with Crippen molar-refractivity contribution >= 4 is 16.7 Å². The molecule has 0 saturated carbocycles. The molecule has 0 aliphatic rings. The topological polar surface area (TPSA) is 53.4 Å². The Morgan fingerprint density at radius 3 is 2.84 bits per heavy atom. The average Bonchev–Trinajstić information content (AvgIpc) is 2.39. The number of carbonyl (C=O) groups is 1. The first kappa shape index (κ1) is 13.5. The van der Waals surface area contributed by atoms with Gasteiger partial charge in [0.15, 0.2) is 0 Å². The van der Waals surface area contributed by atoms with Crippen LogP contribution in [0.4, 0.5) is 0 Å². The second kappa shape index (κ2) is 6.29. The molecule has 1 aromatic heterocycles. The van der Waals surface area contributed by atoms with Crippen molar-refractivity contribution in [3.8, 4) is 0 Å². The maximum atomic E-state index is 10.9. The van der Waals surface area contributed by atoms with Crippen molar-refractivity contribution in [1.29, 1.82) is 0 Å². The Kier molecular flexibility index (Phi) is 4.47. The van der Waals surface area contributed by atoms with Gasteiger partial charge in [0.1, 0.15) is 0 Å². The van der Waals surface area contributed by atoms with E-state index in [0.29, 0.717) is 6.54 Å². The van der Waals surface area contributed by atoms with E-state index in [-0.39, 0.29) is 6.54 Å². The molecule has 1 N–H and O–H groups in total. The molecule has 4 heteroatoms. The molecule has 0 atom stereocenters. The zero-order chi connectivity index (χ0) is 13.7. The molecular weight excluding hydrogens is 240 g/mol. The summed E-state index contributed by atoms with van der Waals surface area (Å²) in [6.45, 7) is 3.51.